The zero-order chi connectivity index (χ0) is 13.0. The monoisotopic (exact) mass is 249 g/mol. The molecule has 0 aliphatic heterocycles. The van der Waals surface area contributed by atoms with Crippen molar-refractivity contribution in [1.29, 1.82) is 0 Å². The van der Waals surface area contributed by atoms with Crippen LogP contribution in [0.3, 0.4) is 0 Å². The number of carbonyl (C=O) groups is 1. The molecule has 1 amide bonds. The molecular weight excluding hydrogens is 230 g/mol. The van der Waals surface area contributed by atoms with Gasteiger partial charge in [0, 0.05) is 18.0 Å². The first-order valence-corrected chi connectivity index (χ1v) is 6.20. The Bertz CT molecular complexity index is 411. The van der Waals surface area contributed by atoms with Crippen molar-refractivity contribution in [1.82, 2.24) is 4.98 Å². The summed E-state index contributed by atoms with van der Waals surface area (Å²) in [5.41, 5.74) is 6.52. The highest BCUT2D eigenvalue weighted by molar-refractivity contribution is 5.91. The van der Waals surface area contributed by atoms with Crippen LogP contribution >= 0.6 is 0 Å². The molecular formula is C13H19N3O2. The van der Waals surface area contributed by atoms with E-state index in [4.69, 9.17) is 10.5 Å². The molecule has 1 fully saturated rings. The van der Waals surface area contributed by atoms with Gasteiger partial charge in [-0.25, -0.2) is 4.98 Å². The van der Waals surface area contributed by atoms with E-state index in [-0.39, 0.29) is 11.4 Å². The number of rotatable bonds is 4. The lowest BCUT2D eigenvalue weighted by molar-refractivity contribution is -0.117. The summed E-state index contributed by atoms with van der Waals surface area (Å²) >= 11 is 0. The standard InChI is InChI=1S/C13H19N3O2/c1-18-12-5-4-10(9-15-12)16-11(17)8-13(14)6-2-3-7-13/h4-5,9H,2-3,6-8,14H2,1H3,(H,16,17). The minimum Gasteiger partial charge on any atom is -0.481 e. The molecule has 1 aliphatic carbocycles. The van der Waals surface area contributed by atoms with Gasteiger partial charge in [-0.1, -0.05) is 12.8 Å². The van der Waals surface area contributed by atoms with Crippen LogP contribution in [0.15, 0.2) is 18.3 Å². The topological polar surface area (TPSA) is 77.2 Å². The molecule has 0 radical (unpaired) electrons. The molecule has 0 bridgehead atoms. The average molecular weight is 249 g/mol. The smallest absolute Gasteiger partial charge is 0.226 e. The number of carbonyl (C=O) groups excluding carboxylic acids is 1. The van der Waals surface area contributed by atoms with E-state index in [1.165, 1.54) is 0 Å². The molecule has 1 aromatic rings. The highest BCUT2D eigenvalue weighted by atomic mass is 16.5. The van der Waals surface area contributed by atoms with Gasteiger partial charge in [0.25, 0.3) is 0 Å². The quantitative estimate of drug-likeness (QED) is 0.851. The molecule has 98 valence electrons. The van der Waals surface area contributed by atoms with E-state index in [0.717, 1.165) is 25.7 Å². The Hall–Kier alpha value is -1.62. The fourth-order valence-electron chi connectivity index (χ4n) is 2.36. The van der Waals surface area contributed by atoms with Gasteiger partial charge in [0.15, 0.2) is 0 Å². The highest BCUT2D eigenvalue weighted by Gasteiger charge is 2.31. The van der Waals surface area contributed by atoms with Crippen LogP contribution in [-0.2, 0) is 4.79 Å². The third-order valence-corrected chi connectivity index (χ3v) is 3.34. The Kier molecular flexibility index (Phi) is 3.81. The molecule has 0 spiro atoms. The number of anilines is 1. The molecule has 18 heavy (non-hydrogen) atoms. The normalized spacial score (nSPS) is 17.4. The van der Waals surface area contributed by atoms with Gasteiger partial charge in [0.1, 0.15) is 0 Å². The summed E-state index contributed by atoms with van der Waals surface area (Å²) in [5, 5.41) is 2.81. The van der Waals surface area contributed by atoms with Crippen LogP contribution in [0, 0.1) is 0 Å². The van der Waals surface area contributed by atoms with E-state index < -0.39 is 0 Å². The van der Waals surface area contributed by atoms with Crippen LogP contribution < -0.4 is 15.8 Å². The van der Waals surface area contributed by atoms with E-state index in [2.05, 4.69) is 10.3 Å². The summed E-state index contributed by atoms with van der Waals surface area (Å²) in [6, 6.07) is 3.48. The van der Waals surface area contributed by atoms with Crippen LogP contribution in [0.25, 0.3) is 0 Å². The number of aromatic nitrogens is 1. The number of nitrogens with one attached hydrogen (secondary N) is 1. The van der Waals surface area contributed by atoms with Crippen molar-refractivity contribution >= 4 is 11.6 Å². The van der Waals surface area contributed by atoms with Crippen LogP contribution in [-0.4, -0.2) is 23.5 Å². The van der Waals surface area contributed by atoms with Crippen molar-refractivity contribution in [3.05, 3.63) is 18.3 Å². The first-order chi connectivity index (χ1) is 8.61. The van der Waals surface area contributed by atoms with Gasteiger partial charge in [-0.3, -0.25) is 4.79 Å². The van der Waals surface area contributed by atoms with Crippen molar-refractivity contribution in [2.75, 3.05) is 12.4 Å². The Morgan fingerprint density at radius 3 is 2.78 bits per heavy atom. The minimum atomic E-state index is -0.315. The second kappa shape index (κ2) is 5.35. The van der Waals surface area contributed by atoms with Gasteiger partial charge in [0.05, 0.1) is 19.0 Å². The van der Waals surface area contributed by atoms with E-state index in [1.807, 2.05) is 0 Å². The molecule has 0 saturated heterocycles. The third kappa shape index (κ3) is 3.20. The van der Waals surface area contributed by atoms with Gasteiger partial charge in [-0.05, 0) is 18.9 Å². The second-order valence-corrected chi connectivity index (χ2v) is 4.88. The third-order valence-electron chi connectivity index (χ3n) is 3.34. The largest absolute Gasteiger partial charge is 0.481 e. The number of nitrogens with two attached hydrogens (primary N) is 1. The summed E-state index contributed by atoms with van der Waals surface area (Å²) in [6.07, 6.45) is 6.05. The van der Waals surface area contributed by atoms with Crippen LogP contribution in [0.1, 0.15) is 32.1 Å². The number of pyridine rings is 1. The predicted octanol–water partition coefficient (Wildman–Crippen LogP) is 1.69. The zero-order valence-electron chi connectivity index (χ0n) is 10.6. The first-order valence-electron chi connectivity index (χ1n) is 6.20. The number of methoxy groups -OCH3 is 1. The number of hydrogen-bond donors (Lipinski definition) is 2. The lowest BCUT2D eigenvalue weighted by Gasteiger charge is -2.22. The number of nitrogens with zero attached hydrogens (tertiary/aromatic N) is 1. The number of ether oxygens (including phenoxy) is 1. The van der Waals surface area contributed by atoms with Crippen molar-refractivity contribution in [2.45, 2.75) is 37.6 Å². The Morgan fingerprint density at radius 1 is 1.50 bits per heavy atom. The Balaban J connectivity index is 1.90. The van der Waals surface area contributed by atoms with Crippen molar-refractivity contribution in [3.8, 4) is 5.88 Å². The molecule has 0 aromatic carbocycles. The van der Waals surface area contributed by atoms with Gasteiger partial charge >= 0.3 is 0 Å². The SMILES string of the molecule is COc1ccc(NC(=O)CC2(N)CCCC2)cn1. The van der Waals surface area contributed by atoms with E-state index in [9.17, 15) is 4.79 Å². The fourth-order valence-corrected chi connectivity index (χ4v) is 2.36. The summed E-state index contributed by atoms with van der Waals surface area (Å²) in [5.74, 6) is 0.477. The second-order valence-electron chi connectivity index (χ2n) is 4.88. The maximum Gasteiger partial charge on any atom is 0.226 e. The van der Waals surface area contributed by atoms with Gasteiger partial charge in [-0.15, -0.1) is 0 Å². The van der Waals surface area contributed by atoms with E-state index >= 15 is 0 Å². The van der Waals surface area contributed by atoms with Crippen LogP contribution in [0.2, 0.25) is 0 Å². The predicted molar refractivity (Wildman–Crippen MR) is 69.4 cm³/mol. The van der Waals surface area contributed by atoms with Crippen molar-refractivity contribution in [3.63, 3.8) is 0 Å². The Morgan fingerprint density at radius 2 is 2.22 bits per heavy atom. The summed E-state index contributed by atoms with van der Waals surface area (Å²) < 4.78 is 4.95. The molecule has 1 heterocycles. The summed E-state index contributed by atoms with van der Waals surface area (Å²) in [4.78, 5) is 15.9. The summed E-state index contributed by atoms with van der Waals surface area (Å²) in [7, 11) is 1.55. The lowest BCUT2D eigenvalue weighted by atomic mass is 9.94. The van der Waals surface area contributed by atoms with Gasteiger partial charge in [-0.2, -0.15) is 0 Å². The highest BCUT2D eigenvalue weighted by Crippen LogP contribution is 2.30. The van der Waals surface area contributed by atoms with Crippen LogP contribution in [0.4, 0.5) is 5.69 Å². The van der Waals surface area contributed by atoms with E-state index in [1.54, 1.807) is 25.4 Å². The molecule has 5 nitrogen and oxygen atoms in total. The average Bonchev–Trinajstić information content (AvgIpc) is 2.76. The molecule has 1 saturated carbocycles. The van der Waals surface area contributed by atoms with Crippen molar-refractivity contribution in [2.24, 2.45) is 5.73 Å². The fraction of sp³-hybridized carbons (Fsp3) is 0.538. The Labute approximate surface area is 107 Å². The minimum absolute atomic E-state index is 0.0497. The molecule has 5 heteroatoms. The van der Waals surface area contributed by atoms with Gasteiger partial charge < -0.3 is 15.8 Å². The van der Waals surface area contributed by atoms with Crippen molar-refractivity contribution < 1.29 is 9.53 Å². The van der Waals surface area contributed by atoms with Gasteiger partial charge in [0.2, 0.25) is 11.8 Å². The molecule has 3 N–H and O–H groups in total. The maximum atomic E-state index is 11.9. The molecule has 0 unspecified atom stereocenters. The van der Waals surface area contributed by atoms with Crippen LogP contribution in [0.5, 0.6) is 5.88 Å². The molecule has 1 aliphatic rings. The summed E-state index contributed by atoms with van der Waals surface area (Å²) in [6.45, 7) is 0. The number of amides is 1. The maximum absolute atomic E-state index is 11.9. The molecule has 1 aromatic heterocycles. The molecule has 2 rings (SSSR count). The zero-order valence-corrected chi connectivity index (χ0v) is 10.6. The lowest BCUT2D eigenvalue weighted by Crippen LogP contribution is -2.40. The first kappa shape index (κ1) is 12.8. The molecule has 0 atom stereocenters. The number of hydrogen-bond acceptors (Lipinski definition) is 4. The van der Waals surface area contributed by atoms with E-state index in [0.29, 0.717) is 18.0 Å².